The lowest BCUT2D eigenvalue weighted by molar-refractivity contribution is -0.145. The number of carbonyl (C=O) groups is 1. The number of benzene rings is 2. The van der Waals surface area contributed by atoms with Gasteiger partial charge in [0.25, 0.3) is 0 Å². The van der Waals surface area contributed by atoms with E-state index in [4.69, 9.17) is 36.5 Å². The number of carboxylic acid groups (broad SMARTS) is 1. The average molecular weight is 469 g/mol. The SMILES string of the molecule is COc1cc2c(cc1OC(C(=O)O)c1ccc(OC3CCN(C(=N)N)C3)cc1)CN(C(=N)N)C2. The maximum absolute atomic E-state index is 12.1. The van der Waals surface area contributed by atoms with Crippen molar-refractivity contribution in [3.63, 3.8) is 0 Å². The molecule has 2 aromatic rings. The molecule has 2 aliphatic heterocycles. The van der Waals surface area contributed by atoms with E-state index in [1.54, 1.807) is 46.2 Å². The van der Waals surface area contributed by atoms with Gasteiger partial charge in [-0.2, -0.15) is 0 Å². The zero-order valence-electron chi connectivity index (χ0n) is 18.8. The number of nitrogens with two attached hydrogens (primary N) is 2. The minimum absolute atomic E-state index is 0.0267. The molecule has 7 N–H and O–H groups in total. The van der Waals surface area contributed by atoms with Crippen LogP contribution >= 0.6 is 0 Å². The van der Waals surface area contributed by atoms with E-state index in [9.17, 15) is 9.90 Å². The fraction of sp³-hybridized carbons (Fsp3) is 0.348. The second-order valence-electron chi connectivity index (χ2n) is 8.28. The first-order chi connectivity index (χ1) is 16.2. The van der Waals surface area contributed by atoms with Crippen molar-refractivity contribution < 1.29 is 24.1 Å². The van der Waals surface area contributed by atoms with Crippen LogP contribution in [-0.2, 0) is 17.9 Å². The third-order valence-corrected chi connectivity index (χ3v) is 5.99. The monoisotopic (exact) mass is 468 g/mol. The van der Waals surface area contributed by atoms with Crippen molar-refractivity contribution in [2.24, 2.45) is 11.5 Å². The van der Waals surface area contributed by atoms with Crippen LogP contribution < -0.4 is 25.7 Å². The van der Waals surface area contributed by atoms with E-state index in [2.05, 4.69) is 0 Å². The van der Waals surface area contributed by atoms with Gasteiger partial charge in [-0.3, -0.25) is 10.8 Å². The van der Waals surface area contributed by atoms with Crippen molar-refractivity contribution in [1.29, 1.82) is 10.8 Å². The van der Waals surface area contributed by atoms with E-state index in [1.165, 1.54) is 7.11 Å². The Morgan fingerprint density at radius 1 is 1.06 bits per heavy atom. The fourth-order valence-corrected chi connectivity index (χ4v) is 4.17. The lowest BCUT2D eigenvalue weighted by Gasteiger charge is -2.19. The molecule has 11 heteroatoms. The molecular formula is C23H28N6O5. The van der Waals surface area contributed by atoms with Gasteiger partial charge in [0.1, 0.15) is 11.9 Å². The van der Waals surface area contributed by atoms with E-state index < -0.39 is 12.1 Å². The zero-order valence-corrected chi connectivity index (χ0v) is 18.8. The molecule has 2 heterocycles. The lowest BCUT2D eigenvalue weighted by atomic mass is 10.1. The Bertz CT molecular complexity index is 1110. The van der Waals surface area contributed by atoms with E-state index in [0.717, 1.165) is 17.5 Å². The molecule has 0 amide bonds. The molecule has 2 unspecified atom stereocenters. The normalized spacial score (nSPS) is 17.7. The lowest BCUT2D eigenvalue weighted by Crippen LogP contribution is -2.35. The number of rotatable bonds is 7. The smallest absolute Gasteiger partial charge is 0.349 e. The third-order valence-electron chi connectivity index (χ3n) is 5.99. The van der Waals surface area contributed by atoms with Crippen LogP contribution in [0, 0.1) is 10.8 Å². The molecule has 11 nitrogen and oxygen atoms in total. The molecular weight excluding hydrogens is 440 g/mol. The summed E-state index contributed by atoms with van der Waals surface area (Å²) in [6.45, 7) is 2.13. The van der Waals surface area contributed by atoms with Crippen LogP contribution in [0.2, 0.25) is 0 Å². The Balaban J connectivity index is 1.49. The minimum Gasteiger partial charge on any atom is -0.493 e. The van der Waals surface area contributed by atoms with Crippen LogP contribution in [-0.4, -0.2) is 59.1 Å². The predicted octanol–water partition coefficient (Wildman–Crippen LogP) is 1.46. The van der Waals surface area contributed by atoms with Crippen molar-refractivity contribution in [2.45, 2.75) is 31.7 Å². The molecule has 0 aromatic heterocycles. The van der Waals surface area contributed by atoms with Crippen molar-refractivity contribution >= 4 is 17.9 Å². The molecule has 1 fully saturated rings. The first kappa shape index (κ1) is 23.0. The topological polar surface area (TPSA) is 171 Å². The number of methoxy groups -OCH3 is 1. The van der Waals surface area contributed by atoms with Crippen LogP contribution in [0.3, 0.4) is 0 Å². The highest BCUT2D eigenvalue weighted by Crippen LogP contribution is 2.37. The first-order valence-corrected chi connectivity index (χ1v) is 10.8. The maximum Gasteiger partial charge on any atom is 0.349 e. The van der Waals surface area contributed by atoms with Gasteiger partial charge in [-0.05, 0) is 35.4 Å². The van der Waals surface area contributed by atoms with Gasteiger partial charge >= 0.3 is 5.97 Å². The number of hydrogen-bond acceptors (Lipinski definition) is 6. The average Bonchev–Trinajstić information content (AvgIpc) is 3.44. The first-order valence-electron chi connectivity index (χ1n) is 10.8. The summed E-state index contributed by atoms with van der Waals surface area (Å²) < 4.78 is 17.3. The number of nitrogens with zero attached hydrogens (tertiary/aromatic N) is 2. The van der Waals surface area contributed by atoms with Crippen molar-refractivity contribution in [3.8, 4) is 17.2 Å². The van der Waals surface area contributed by atoms with E-state index in [1.807, 2.05) is 0 Å². The standard InChI is InChI=1S/C23H28N6O5/c1-32-18-8-14-10-29(23(26)27)11-15(14)9-19(18)34-20(21(30)31)13-2-4-16(5-3-13)33-17-6-7-28(12-17)22(24)25/h2-5,8-9,17,20H,6-7,10-12H2,1H3,(H3,24,25)(H3,26,27)(H,30,31). The van der Waals surface area contributed by atoms with Crippen LogP contribution in [0.5, 0.6) is 17.2 Å². The largest absolute Gasteiger partial charge is 0.493 e. The van der Waals surface area contributed by atoms with Gasteiger partial charge in [0.05, 0.1) is 13.7 Å². The van der Waals surface area contributed by atoms with Gasteiger partial charge in [0, 0.05) is 31.6 Å². The number of guanidine groups is 2. The Kier molecular flexibility index (Phi) is 6.35. The van der Waals surface area contributed by atoms with E-state index in [0.29, 0.717) is 49.0 Å². The third kappa shape index (κ3) is 4.77. The molecule has 0 bridgehead atoms. The summed E-state index contributed by atoms with van der Waals surface area (Å²) in [7, 11) is 1.49. The number of ether oxygens (including phenoxy) is 3. The van der Waals surface area contributed by atoms with Crippen LogP contribution in [0.15, 0.2) is 36.4 Å². The number of hydrogen-bond donors (Lipinski definition) is 5. The molecule has 34 heavy (non-hydrogen) atoms. The number of carboxylic acids is 1. The van der Waals surface area contributed by atoms with Crippen LogP contribution in [0.4, 0.5) is 0 Å². The highest BCUT2D eigenvalue weighted by atomic mass is 16.5. The summed E-state index contributed by atoms with van der Waals surface area (Å²) in [4.78, 5) is 15.5. The number of aliphatic carboxylic acids is 1. The molecule has 0 saturated carbocycles. The molecule has 4 rings (SSSR count). The Labute approximate surface area is 196 Å². The Morgan fingerprint density at radius 2 is 1.68 bits per heavy atom. The summed E-state index contributed by atoms with van der Waals surface area (Å²) in [5.74, 6) is 0.160. The minimum atomic E-state index is -1.26. The molecule has 2 aliphatic rings. The van der Waals surface area contributed by atoms with Crippen LogP contribution in [0.1, 0.15) is 29.2 Å². The molecule has 0 aliphatic carbocycles. The molecule has 0 spiro atoms. The van der Waals surface area contributed by atoms with Gasteiger partial charge in [0.2, 0.25) is 6.10 Å². The molecule has 0 radical (unpaired) electrons. The van der Waals surface area contributed by atoms with Crippen LogP contribution in [0.25, 0.3) is 0 Å². The number of fused-ring (bicyclic) bond motifs is 1. The molecule has 2 aromatic carbocycles. The van der Waals surface area contributed by atoms with Crippen molar-refractivity contribution in [3.05, 3.63) is 53.1 Å². The second kappa shape index (κ2) is 9.38. The van der Waals surface area contributed by atoms with Crippen molar-refractivity contribution in [1.82, 2.24) is 9.80 Å². The zero-order chi connectivity index (χ0) is 24.4. The summed E-state index contributed by atoms with van der Waals surface area (Å²) in [6.07, 6.45) is -0.598. The molecule has 2 atom stereocenters. The maximum atomic E-state index is 12.1. The predicted molar refractivity (Wildman–Crippen MR) is 124 cm³/mol. The highest BCUT2D eigenvalue weighted by molar-refractivity contribution is 5.76. The Hall–Kier alpha value is -4.15. The number of likely N-dealkylation sites (tertiary alicyclic amines) is 1. The number of nitrogens with one attached hydrogen (secondary N) is 2. The van der Waals surface area contributed by atoms with Gasteiger partial charge in [-0.15, -0.1) is 0 Å². The second-order valence-corrected chi connectivity index (χ2v) is 8.28. The van der Waals surface area contributed by atoms with E-state index in [-0.39, 0.29) is 18.0 Å². The quantitative estimate of drug-likeness (QED) is 0.298. The summed E-state index contributed by atoms with van der Waals surface area (Å²) >= 11 is 0. The van der Waals surface area contributed by atoms with Crippen molar-refractivity contribution in [2.75, 3.05) is 20.2 Å². The highest BCUT2D eigenvalue weighted by Gasteiger charge is 2.28. The summed E-state index contributed by atoms with van der Waals surface area (Å²) in [5.41, 5.74) is 13.4. The van der Waals surface area contributed by atoms with Gasteiger partial charge < -0.3 is 40.6 Å². The summed E-state index contributed by atoms with van der Waals surface area (Å²) in [5, 5.41) is 25.0. The van der Waals surface area contributed by atoms with Gasteiger partial charge in [-0.25, -0.2) is 4.79 Å². The molecule has 1 saturated heterocycles. The molecule has 180 valence electrons. The Morgan fingerprint density at radius 3 is 2.21 bits per heavy atom. The fourth-order valence-electron chi connectivity index (χ4n) is 4.17. The van der Waals surface area contributed by atoms with E-state index >= 15 is 0 Å². The van der Waals surface area contributed by atoms with Gasteiger partial charge in [-0.1, -0.05) is 12.1 Å². The van der Waals surface area contributed by atoms with Gasteiger partial charge in [0.15, 0.2) is 23.4 Å². The summed E-state index contributed by atoms with van der Waals surface area (Å²) in [6, 6.07) is 10.2.